The van der Waals surface area contributed by atoms with Crippen LogP contribution in [0.1, 0.15) is 44.0 Å². The molecule has 0 radical (unpaired) electrons. The van der Waals surface area contributed by atoms with E-state index in [1.807, 2.05) is 24.5 Å². The van der Waals surface area contributed by atoms with E-state index >= 15 is 0 Å². The Labute approximate surface area is 113 Å². The molecule has 1 aromatic heterocycles. The Balaban J connectivity index is 1.66. The van der Waals surface area contributed by atoms with Crippen LogP contribution in [0.3, 0.4) is 0 Å². The van der Waals surface area contributed by atoms with Crippen LogP contribution in [-0.4, -0.2) is 14.8 Å². The molecule has 1 fully saturated rings. The first-order valence-electron chi connectivity index (χ1n) is 7.11. The second kappa shape index (κ2) is 5.87. The lowest BCUT2D eigenvalue weighted by molar-refractivity contribution is 0.346. The van der Waals surface area contributed by atoms with Crippen LogP contribution in [-0.2, 0) is 6.54 Å². The Hall–Kier alpha value is -1.84. The summed E-state index contributed by atoms with van der Waals surface area (Å²) in [5.41, 5.74) is 1.13. The first-order chi connectivity index (χ1) is 9.43. The number of rotatable bonds is 4. The monoisotopic (exact) mass is 256 g/mol. The van der Waals surface area contributed by atoms with E-state index in [0.29, 0.717) is 6.04 Å². The number of anilines is 1. The second-order valence-electron chi connectivity index (χ2n) is 5.17. The molecule has 19 heavy (non-hydrogen) atoms. The molecule has 1 heterocycles. The standard InChI is InChI=1S/C15H20N4/c1-3-7-13(8-4-1)16-11-15-18-17-12-19(15)14-9-5-2-6-10-14/h1,3-4,7-8,12,14,16H,2,5-6,9-11H2. The fourth-order valence-electron chi connectivity index (χ4n) is 2.79. The summed E-state index contributed by atoms with van der Waals surface area (Å²) in [5.74, 6) is 1.04. The van der Waals surface area contributed by atoms with Crippen molar-refractivity contribution in [2.75, 3.05) is 5.32 Å². The van der Waals surface area contributed by atoms with Gasteiger partial charge in [0.15, 0.2) is 5.82 Å². The molecule has 1 aliphatic carbocycles. The maximum Gasteiger partial charge on any atom is 0.152 e. The topological polar surface area (TPSA) is 42.7 Å². The number of hydrogen-bond acceptors (Lipinski definition) is 3. The van der Waals surface area contributed by atoms with Crippen molar-refractivity contribution in [3.05, 3.63) is 42.5 Å². The van der Waals surface area contributed by atoms with E-state index in [0.717, 1.165) is 18.1 Å². The van der Waals surface area contributed by atoms with Gasteiger partial charge < -0.3 is 9.88 Å². The van der Waals surface area contributed by atoms with E-state index < -0.39 is 0 Å². The maximum atomic E-state index is 4.26. The minimum absolute atomic E-state index is 0.594. The summed E-state index contributed by atoms with van der Waals surface area (Å²) in [4.78, 5) is 0. The summed E-state index contributed by atoms with van der Waals surface area (Å²) in [6, 6.07) is 10.8. The Morgan fingerprint density at radius 1 is 1.11 bits per heavy atom. The van der Waals surface area contributed by atoms with Crippen molar-refractivity contribution < 1.29 is 0 Å². The number of aromatic nitrogens is 3. The van der Waals surface area contributed by atoms with Crippen molar-refractivity contribution in [1.82, 2.24) is 14.8 Å². The van der Waals surface area contributed by atoms with Crippen LogP contribution in [0.25, 0.3) is 0 Å². The molecule has 0 amide bonds. The lowest BCUT2D eigenvalue weighted by atomic mass is 9.95. The first kappa shape index (κ1) is 12.2. The molecular weight excluding hydrogens is 236 g/mol. The van der Waals surface area contributed by atoms with E-state index in [1.165, 1.54) is 32.1 Å². The van der Waals surface area contributed by atoms with Gasteiger partial charge in [0.05, 0.1) is 6.54 Å². The van der Waals surface area contributed by atoms with Gasteiger partial charge in [0.1, 0.15) is 6.33 Å². The van der Waals surface area contributed by atoms with Gasteiger partial charge in [0.2, 0.25) is 0 Å². The normalized spacial score (nSPS) is 16.4. The lowest BCUT2D eigenvalue weighted by Crippen LogP contribution is -2.16. The Bertz CT molecular complexity index is 500. The van der Waals surface area contributed by atoms with Crippen molar-refractivity contribution in [3.8, 4) is 0 Å². The summed E-state index contributed by atoms with van der Waals surface area (Å²) in [6.07, 6.45) is 8.43. The predicted molar refractivity (Wildman–Crippen MR) is 75.9 cm³/mol. The van der Waals surface area contributed by atoms with Gasteiger partial charge in [-0.05, 0) is 25.0 Å². The van der Waals surface area contributed by atoms with Gasteiger partial charge in [-0.1, -0.05) is 37.5 Å². The fraction of sp³-hybridized carbons (Fsp3) is 0.467. The minimum Gasteiger partial charge on any atom is -0.378 e. The van der Waals surface area contributed by atoms with Crippen LogP contribution >= 0.6 is 0 Å². The molecule has 0 bridgehead atoms. The minimum atomic E-state index is 0.594. The Morgan fingerprint density at radius 2 is 1.89 bits per heavy atom. The molecule has 0 atom stereocenters. The third-order valence-corrected chi connectivity index (χ3v) is 3.84. The van der Waals surface area contributed by atoms with Crippen LogP contribution in [0.15, 0.2) is 36.7 Å². The van der Waals surface area contributed by atoms with Gasteiger partial charge in [-0.2, -0.15) is 0 Å². The second-order valence-corrected chi connectivity index (χ2v) is 5.17. The largest absolute Gasteiger partial charge is 0.378 e. The van der Waals surface area contributed by atoms with Crippen molar-refractivity contribution in [1.29, 1.82) is 0 Å². The number of nitrogens with one attached hydrogen (secondary N) is 1. The molecule has 1 aromatic carbocycles. The first-order valence-corrected chi connectivity index (χ1v) is 7.11. The Kier molecular flexibility index (Phi) is 3.77. The number of para-hydroxylation sites is 1. The SMILES string of the molecule is c1ccc(NCc2nncn2C2CCCCC2)cc1. The number of benzene rings is 1. The molecule has 4 nitrogen and oxygen atoms in total. The molecule has 1 aliphatic rings. The van der Waals surface area contributed by atoms with Gasteiger partial charge in [-0.25, -0.2) is 0 Å². The average Bonchev–Trinajstić information content (AvgIpc) is 2.95. The highest BCUT2D eigenvalue weighted by molar-refractivity contribution is 5.42. The molecule has 1 saturated carbocycles. The summed E-state index contributed by atoms with van der Waals surface area (Å²) < 4.78 is 2.26. The van der Waals surface area contributed by atoms with Crippen molar-refractivity contribution >= 4 is 5.69 Å². The molecule has 3 rings (SSSR count). The quantitative estimate of drug-likeness (QED) is 0.911. The van der Waals surface area contributed by atoms with Gasteiger partial charge in [0.25, 0.3) is 0 Å². The molecule has 4 heteroatoms. The van der Waals surface area contributed by atoms with Gasteiger partial charge in [0, 0.05) is 11.7 Å². The smallest absolute Gasteiger partial charge is 0.152 e. The summed E-state index contributed by atoms with van der Waals surface area (Å²) in [5, 5.41) is 11.7. The summed E-state index contributed by atoms with van der Waals surface area (Å²) >= 11 is 0. The van der Waals surface area contributed by atoms with E-state index in [-0.39, 0.29) is 0 Å². The molecule has 2 aromatic rings. The third kappa shape index (κ3) is 2.95. The molecule has 0 saturated heterocycles. The highest BCUT2D eigenvalue weighted by Gasteiger charge is 2.18. The van der Waals surface area contributed by atoms with Crippen molar-refractivity contribution in [2.45, 2.75) is 44.7 Å². The molecule has 1 N–H and O–H groups in total. The lowest BCUT2D eigenvalue weighted by Gasteiger charge is -2.24. The zero-order valence-corrected chi connectivity index (χ0v) is 11.1. The van der Waals surface area contributed by atoms with Crippen LogP contribution < -0.4 is 5.32 Å². The summed E-state index contributed by atoms with van der Waals surface area (Å²) in [7, 11) is 0. The highest BCUT2D eigenvalue weighted by atomic mass is 15.3. The van der Waals surface area contributed by atoms with Crippen LogP contribution in [0.2, 0.25) is 0 Å². The highest BCUT2D eigenvalue weighted by Crippen LogP contribution is 2.28. The number of nitrogens with zero attached hydrogens (tertiary/aromatic N) is 3. The fourth-order valence-corrected chi connectivity index (χ4v) is 2.79. The molecule has 0 spiro atoms. The predicted octanol–water partition coefficient (Wildman–Crippen LogP) is 3.40. The van der Waals surface area contributed by atoms with E-state index in [1.54, 1.807) is 0 Å². The summed E-state index contributed by atoms with van der Waals surface area (Å²) in [6.45, 7) is 0.737. The van der Waals surface area contributed by atoms with E-state index in [2.05, 4.69) is 32.2 Å². The van der Waals surface area contributed by atoms with Gasteiger partial charge in [-0.15, -0.1) is 10.2 Å². The van der Waals surface area contributed by atoms with Crippen LogP contribution in [0.4, 0.5) is 5.69 Å². The van der Waals surface area contributed by atoms with Gasteiger partial charge >= 0.3 is 0 Å². The Morgan fingerprint density at radius 3 is 2.68 bits per heavy atom. The van der Waals surface area contributed by atoms with Gasteiger partial charge in [-0.3, -0.25) is 0 Å². The number of hydrogen-bond donors (Lipinski definition) is 1. The van der Waals surface area contributed by atoms with Crippen LogP contribution in [0, 0.1) is 0 Å². The van der Waals surface area contributed by atoms with E-state index in [4.69, 9.17) is 0 Å². The molecule has 100 valence electrons. The van der Waals surface area contributed by atoms with Crippen molar-refractivity contribution in [3.63, 3.8) is 0 Å². The zero-order valence-electron chi connectivity index (χ0n) is 11.1. The maximum absolute atomic E-state index is 4.26. The zero-order chi connectivity index (χ0) is 12.9. The van der Waals surface area contributed by atoms with Crippen molar-refractivity contribution in [2.24, 2.45) is 0 Å². The third-order valence-electron chi connectivity index (χ3n) is 3.84. The molecule has 0 unspecified atom stereocenters. The average molecular weight is 256 g/mol. The van der Waals surface area contributed by atoms with Crippen LogP contribution in [0.5, 0.6) is 0 Å². The van der Waals surface area contributed by atoms with E-state index in [9.17, 15) is 0 Å². The molecular formula is C15H20N4. The molecule has 0 aliphatic heterocycles.